The maximum atomic E-state index is 11.7. The Morgan fingerprint density at radius 2 is 2.07 bits per heavy atom. The fourth-order valence-corrected chi connectivity index (χ4v) is 3.35. The van der Waals surface area contributed by atoms with Crippen molar-refractivity contribution in [2.24, 2.45) is 10.9 Å². The fourth-order valence-electron chi connectivity index (χ4n) is 2.59. The van der Waals surface area contributed by atoms with Crippen LogP contribution in [-0.4, -0.2) is 59.7 Å². The lowest BCUT2D eigenvalue weighted by Crippen LogP contribution is -2.40. The minimum absolute atomic E-state index is 0.0284. The number of guanidine groups is 1. The third-order valence-corrected chi connectivity index (χ3v) is 5.72. The molecule has 152 valence electrons. The number of nitrogens with zero attached hydrogens (tertiary/aromatic N) is 2. The molecular formula is C19H32N4O3S. The summed E-state index contributed by atoms with van der Waals surface area (Å²) < 4.78 is 31.5. The van der Waals surface area contributed by atoms with E-state index in [2.05, 4.69) is 19.9 Å². The minimum Gasteiger partial charge on any atom is -0.379 e. The Hall–Kier alpha value is -1.64. The lowest BCUT2D eigenvalue weighted by molar-refractivity contribution is 0.115. The zero-order chi connectivity index (χ0) is 19.7. The molecule has 0 spiro atoms. The van der Waals surface area contributed by atoms with Crippen LogP contribution in [0.3, 0.4) is 0 Å². The van der Waals surface area contributed by atoms with Crippen molar-refractivity contribution in [3.8, 4) is 0 Å². The predicted octanol–water partition coefficient (Wildman–Crippen LogP) is 1.56. The van der Waals surface area contributed by atoms with E-state index in [9.17, 15) is 8.42 Å². The number of hydrogen-bond donors (Lipinski definition) is 2. The summed E-state index contributed by atoms with van der Waals surface area (Å²) in [6.07, 6.45) is 2.60. The lowest BCUT2D eigenvalue weighted by atomic mass is 10.1. The molecule has 2 N–H and O–H groups in total. The standard InChI is InChI=1S/C19H32N4O3S/c1-4-21-19(23(3)10-11-26-14-16-8-9-16)22-13-17-6-5-7-18(12-17)15-27(24,25)20-2/h5-7,12,16,20H,4,8-11,13-15H2,1-3H3,(H,21,22). The van der Waals surface area contributed by atoms with Crippen LogP contribution in [0.4, 0.5) is 0 Å². The minimum atomic E-state index is -3.28. The van der Waals surface area contributed by atoms with Crippen molar-refractivity contribution in [3.05, 3.63) is 35.4 Å². The van der Waals surface area contributed by atoms with Gasteiger partial charge in [-0.3, -0.25) is 0 Å². The van der Waals surface area contributed by atoms with Crippen molar-refractivity contribution in [1.82, 2.24) is 14.9 Å². The van der Waals surface area contributed by atoms with Gasteiger partial charge in [-0.2, -0.15) is 0 Å². The first-order valence-corrected chi connectivity index (χ1v) is 11.1. The molecule has 0 unspecified atom stereocenters. The molecule has 7 nitrogen and oxygen atoms in total. The second kappa shape index (κ2) is 10.6. The van der Waals surface area contributed by atoms with Gasteiger partial charge in [0.2, 0.25) is 10.0 Å². The van der Waals surface area contributed by atoms with E-state index in [1.54, 1.807) is 0 Å². The normalized spacial score (nSPS) is 15.0. The Bertz CT molecular complexity index is 717. The molecule has 0 bridgehead atoms. The van der Waals surface area contributed by atoms with Gasteiger partial charge < -0.3 is 15.0 Å². The number of hydrogen-bond acceptors (Lipinski definition) is 4. The van der Waals surface area contributed by atoms with E-state index in [1.165, 1.54) is 19.9 Å². The fraction of sp³-hybridized carbons (Fsp3) is 0.632. The van der Waals surface area contributed by atoms with E-state index < -0.39 is 10.0 Å². The molecular weight excluding hydrogens is 364 g/mol. The second-order valence-corrected chi connectivity index (χ2v) is 8.82. The second-order valence-electron chi connectivity index (χ2n) is 6.89. The van der Waals surface area contributed by atoms with Crippen LogP contribution < -0.4 is 10.0 Å². The Morgan fingerprint density at radius 3 is 2.74 bits per heavy atom. The summed E-state index contributed by atoms with van der Waals surface area (Å²) in [5, 5.41) is 3.29. The highest BCUT2D eigenvalue weighted by molar-refractivity contribution is 7.88. The van der Waals surface area contributed by atoms with Crippen molar-refractivity contribution in [1.29, 1.82) is 0 Å². The van der Waals surface area contributed by atoms with Crippen molar-refractivity contribution < 1.29 is 13.2 Å². The van der Waals surface area contributed by atoms with E-state index in [4.69, 9.17) is 4.74 Å². The van der Waals surface area contributed by atoms with E-state index >= 15 is 0 Å². The average molecular weight is 397 g/mol. The maximum absolute atomic E-state index is 11.7. The molecule has 1 aliphatic carbocycles. The van der Waals surface area contributed by atoms with E-state index in [-0.39, 0.29) is 5.75 Å². The molecule has 1 aliphatic rings. The number of nitrogens with one attached hydrogen (secondary N) is 2. The molecule has 0 aliphatic heterocycles. The van der Waals surface area contributed by atoms with Gasteiger partial charge in [0, 0.05) is 26.7 Å². The van der Waals surface area contributed by atoms with Gasteiger partial charge in [-0.1, -0.05) is 24.3 Å². The summed E-state index contributed by atoms with van der Waals surface area (Å²) in [6, 6.07) is 7.53. The van der Waals surface area contributed by atoms with E-state index in [0.29, 0.717) is 13.2 Å². The zero-order valence-electron chi connectivity index (χ0n) is 16.6. The number of sulfonamides is 1. The van der Waals surface area contributed by atoms with Crippen molar-refractivity contribution in [3.63, 3.8) is 0 Å². The quantitative estimate of drug-likeness (QED) is 0.337. The molecule has 0 radical (unpaired) electrons. The third kappa shape index (κ3) is 8.28. The van der Waals surface area contributed by atoms with Crippen LogP contribution in [0.2, 0.25) is 0 Å². The Morgan fingerprint density at radius 1 is 1.33 bits per heavy atom. The first-order valence-electron chi connectivity index (χ1n) is 9.49. The number of aliphatic imine (C=N–C) groups is 1. The van der Waals surface area contributed by atoms with E-state index in [0.717, 1.165) is 42.7 Å². The summed E-state index contributed by atoms with van der Waals surface area (Å²) in [6.45, 7) is 5.64. The molecule has 1 fully saturated rings. The van der Waals surface area contributed by atoms with Gasteiger partial charge in [-0.15, -0.1) is 0 Å². The molecule has 8 heteroatoms. The van der Waals surface area contributed by atoms with Gasteiger partial charge in [0.05, 0.1) is 18.9 Å². The molecule has 27 heavy (non-hydrogen) atoms. The molecule has 1 aromatic rings. The topological polar surface area (TPSA) is 83.0 Å². The Kier molecular flexibility index (Phi) is 8.53. The Balaban J connectivity index is 1.92. The van der Waals surface area contributed by atoms with Gasteiger partial charge in [0.25, 0.3) is 0 Å². The molecule has 0 heterocycles. The van der Waals surface area contributed by atoms with Gasteiger partial charge in [0.15, 0.2) is 5.96 Å². The highest BCUT2D eigenvalue weighted by Crippen LogP contribution is 2.28. The summed E-state index contributed by atoms with van der Waals surface area (Å²) in [5.41, 5.74) is 1.73. The van der Waals surface area contributed by atoms with Crippen molar-refractivity contribution >= 4 is 16.0 Å². The first kappa shape index (κ1) is 21.7. The van der Waals surface area contributed by atoms with Crippen molar-refractivity contribution in [2.75, 3.05) is 40.4 Å². The average Bonchev–Trinajstić information content (AvgIpc) is 3.46. The molecule has 1 saturated carbocycles. The lowest BCUT2D eigenvalue weighted by Gasteiger charge is -2.22. The monoisotopic (exact) mass is 396 g/mol. The zero-order valence-corrected chi connectivity index (χ0v) is 17.4. The molecule has 0 aromatic heterocycles. The van der Waals surface area contributed by atoms with Crippen LogP contribution in [0, 0.1) is 5.92 Å². The number of rotatable bonds is 11. The third-order valence-electron chi connectivity index (χ3n) is 4.39. The smallest absolute Gasteiger partial charge is 0.215 e. The first-order chi connectivity index (χ1) is 12.9. The van der Waals surface area contributed by atoms with Crippen LogP contribution >= 0.6 is 0 Å². The molecule has 0 amide bonds. The number of ether oxygens (including phenoxy) is 1. The highest BCUT2D eigenvalue weighted by Gasteiger charge is 2.21. The predicted molar refractivity (Wildman–Crippen MR) is 109 cm³/mol. The number of likely N-dealkylation sites (N-methyl/N-ethyl adjacent to an activating group) is 1. The van der Waals surface area contributed by atoms with Crippen LogP contribution in [0.25, 0.3) is 0 Å². The van der Waals surface area contributed by atoms with Gasteiger partial charge in [-0.25, -0.2) is 18.1 Å². The largest absolute Gasteiger partial charge is 0.379 e. The van der Waals surface area contributed by atoms with Gasteiger partial charge in [-0.05, 0) is 43.9 Å². The maximum Gasteiger partial charge on any atom is 0.215 e. The summed E-state index contributed by atoms with van der Waals surface area (Å²) in [7, 11) is 0.147. The highest BCUT2D eigenvalue weighted by atomic mass is 32.2. The molecule has 2 rings (SSSR count). The summed E-state index contributed by atoms with van der Waals surface area (Å²) in [4.78, 5) is 6.74. The van der Waals surface area contributed by atoms with Crippen LogP contribution in [-0.2, 0) is 27.1 Å². The van der Waals surface area contributed by atoms with Gasteiger partial charge >= 0.3 is 0 Å². The van der Waals surface area contributed by atoms with E-state index in [1.807, 2.05) is 38.2 Å². The van der Waals surface area contributed by atoms with Crippen molar-refractivity contribution in [2.45, 2.75) is 32.1 Å². The SMILES string of the molecule is CCNC(=NCc1cccc(CS(=O)(=O)NC)c1)N(C)CCOCC1CC1. The molecule has 0 saturated heterocycles. The Labute approximate surface area is 163 Å². The van der Waals surface area contributed by atoms with Crippen LogP contribution in [0.1, 0.15) is 30.9 Å². The van der Waals surface area contributed by atoms with Crippen LogP contribution in [0.15, 0.2) is 29.3 Å². The van der Waals surface area contributed by atoms with Crippen LogP contribution in [0.5, 0.6) is 0 Å². The molecule has 0 atom stereocenters. The summed E-state index contributed by atoms with van der Waals surface area (Å²) in [5.74, 6) is 1.57. The van der Waals surface area contributed by atoms with Gasteiger partial charge in [0.1, 0.15) is 0 Å². The molecule has 1 aromatic carbocycles. The number of benzene rings is 1. The summed E-state index contributed by atoms with van der Waals surface area (Å²) >= 11 is 0.